The van der Waals surface area contributed by atoms with E-state index in [1.54, 1.807) is 7.11 Å². The largest absolute Gasteiger partial charge is 0.385 e. The standard InChI is InChI=1S/C16H28N2O3/c1-15(8-5-13(19)17-11-15)14(20)18-12-16(9-10-21-2)6-3-4-7-16/h3-12H2,1-2H3,(H,17,19)(H,18,20). The maximum Gasteiger partial charge on any atom is 0.227 e. The van der Waals surface area contributed by atoms with E-state index in [2.05, 4.69) is 10.6 Å². The first-order valence-corrected chi connectivity index (χ1v) is 8.04. The number of amides is 2. The summed E-state index contributed by atoms with van der Waals surface area (Å²) in [5.41, 5.74) is -0.255. The number of methoxy groups -OCH3 is 1. The summed E-state index contributed by atoms with van der Waals surface area (Å²) in [4.78, 5) is 23.8. The van der Waals surface area contributed by atoms with Gasteiger partial charge in [0.2, 0.25) is 11.8 Å². The molecule has 120 valence electrons. The molecule has 1 aliphatic carbocycles. The fourth-order valence-corrected chi connectivity index (χ4v) is 3.49. The van der Waals surface area contributed by atoms with Gasteiger partial charge in [-0.3, -0.25) is 9.59 Å². The fourth-order valence-electron chi connectivity index (χ4n) is 3.49. The van der Waals surface area contributed by atoms with Crippen LogP contribution >= 0.6 is 0 Å². The summed E-state index contributed by atoms with van der Waals surface area (Å²) in [6, 6.07) is 0. The molecule has 0 radical (unpaired) electrons. The van der Waals surface area contributed by atoms with Crippen LogP contribution in [0.15, 0.2) is 0 Å². The molecule has 1 saturated heterocycles. The molecule has 2 N–H and O–H groups in total. The zero-order valence-electron chi connectivity index (χ0n) is 13.3. The predicted octanol–water partition coefficient (Wildman–Crippen LogP) is 1.62. The van der Waals surface area contributed by atoms with Gasteiger partial charge in [0, 0.05) is 33.2 Å². The topological polar surface area (TPSA) is 67.4 Å². The summed E-state index contributed by atoms with van der Waals surface area (Å²) in [7, 11) is 1.73. The van der Waals surface area contributed by atoms with Gasteiger partial charge in [0.05, 0.1) is 5.41 Å². The summed E-state index contributed by atoms with van der Waals surface area (Å²) in [6.45, 7) is 3.88. The molecule has 5 heteroatoms. The number of hydrogen-bond donors (Lipinski definition) is 2. The molecule has 21 heavy (non-hydrogen) atoms. The molecule has 2 rings (SSSR count). The van der Waals surface area contributed by atoms with Crippen molar-refractivity contribution >= 4 is 11.8 Å². The third-order valence-electron chi connectivity index (χ3n) is 5.25. The lowest BCUT2D eigenvalue weighted by Crippen LogP contribution is -2.52. The van der Waals surface area contributed by atoms with Crippen molar-refractivity contribution in [3.05, 3.63) is 0 Å². The van der Waals surface area contributed by atoms with Crippen LogP contribution in [0.2, 0.25) is 0 Å². The van der Waals surface area contributed by atoms with Crippen molar-refractivity contribution in [3.63, 3.8) is 0 Å². The molecular weight excluding hydrogens is 268 g/mol. The van der Waals surface area contributed by atoms with E-state index in [-0.39, 0.29) is 17.2 Å². The van der Waals surface area contributed by atoms with E-state index >= 15 is 0 Å². The van der Waals surface area contributed by atoms with Crippen molar-refractivity contribution in [1.82, 2.24) is 10.6 Å². The van der Waals surface area contributed by atoms with Crippen LogP contribution in [0, 0.1) is 10.8 Å². The van der Waals surface area contributed by atoms with E-state index in [0.717, 1.165) is 19.6 Å². The summed E-state index contributed by atoms with van der Waals surface area (Å²) in [6.07, 6.45) is 6.92. The van der Waals surface area contributed by atoms with Gasteiger partial charge in [-0.1, -0.05) is 12.8 Å². The van der Waals surface area contributed by atoms with Gasteiger partial charge in [-0.05, 0) is 38.0 Å². The molecule has 5 nitrogen and oxygen atoms in total. The molecule has 1 atom stereocenters. The van der Waals surface area contributed by atoms with E-state index in [1.165, 1.54) is 25.7 Å². The average Bonchev–Trinajstić information content (AvgIpc) is 2.95. The quantitative estimate of drug-likeness (QED) is 0.782. The Morgan fingerprint density at radius 3 is 2.62 bits per heavy atom. The molecule has 0 bridgehead atoms. The van der Waals surface area contributed by atoms with E-state index in [0.29, 0.717) is 19.4 Å². The van der Waals surface area contributed by atoms with Crippen LogP contribution in [-0.4, -0.2) is 38.6 Å². The highest BCUT2D eigenvalue weighted by molar-refractivity contribution is 5.86. The van der Waals surface area contributed by atoms with Crippen molar-refractivity contribution < 1.29 is 14.3 Å². The van der Waals surface area contributed by atoms with Gasteiger partial charge in [0.15, 0.2) is 0 Å². The van der Waals surface area contributed by atoms with Crippen LogP contribution < -0.4 is 10.6 Å². The highest BCUT2D eigenvalue weighted by Crippen LogP contribution is 2.40. The summed E-state index contributed by atoms with van der Waals surface area (Å²) in [5, 5.41) is 5.96. The molecule has 0 aromatic rings. The Bertz CT molecular complexity index is 379. The van der Waals surface area contributed by atoms with Gasteiger partial charge in [-0.25, -0.2) is 0 Å². The zero-order valence-corrected chi connectivity index (χ0v) is 13.3. The van der Waals surface area contributed by atoms with Crippen LogP contribution in [0.4, 0.5) is 0 Å². The molecule has 1 unspecified atom stereocenters. The second-order valence-corrected chi connectivity index (χ2v) is 6.97. The smallest absolute Gasteiger partial charge is 0.227 e. The third kappa shape index (κ3) is 3.96. The molecule has 0 spiro atoms. The van der Waals surface area contributed by atoms with Gasteiger partial charge in [0.1, 0.15) is 0 Å². The van der Waals surface area contributed by atoms with Crippen molar-refractivity contribution in [2.75, 3.05) is 26.8 Å². The molecule has 1 aliphatic heterocycles. The molecule has 0 aromatic carbocycles. The van der Waals surface area contributed by atoms with Gasteiger partial charge >= 0.3 is 0 Å². The van der Waals surface area contributed by atoms with Gasteiger partial charge in [0.25, 0.3) is 0 Å². The first-order valence-electron chi connectivity index (χ1n) is 8.04. The Morgan fingerprint density at radius 1 is 1.33 bits per heavy atom. The van der Waals surface area contributed by atoms with Gasteiger partial charge < -0.3 is 15.4 Å². The highest BCUT2D eigenvalue weighted by Gasteiger charge is 2.39. The molecule has 2 amide bonds. The van der Waals surface area contributed by atoms with E-state index in [4.69, 9.17) is 4.74 Å². The minimum Gasteiger partial charge on any atom is -0.385 e. The first-order chi connectivity index (χ1) is 10.00. The van der Waals surface area contributed by atoms with Crippen LogP contribution in [0.5, 0.6) is 0 Å². The lowest BCUT2D eigenvalue weighted by Gasteiger charge is -2.35. The maximum atomic E-state index is 12.5. The van der Waals surface area contributed by atoms with Gasteiger partial charge in [-0.15, -0.1) is 0 Å². The Kier molecular flexibility index (Phi) is 5.25. The number of carbonyl (C=O) groups excluding carboxylic acids is 2. The molecular formula is C16H28N2O3. The third-order valence-corrected chi connectivity index (χ3v) is 5.25. The minimum atomic E-state index is -0.463. The molecule has 1 saturated carbocycles. The monoisotopic (exact) mass is 296 g/mol. The summed E-state index contributed by atoms with van der Waals surface area (Å²) in [5.74, 6) is 0.124. The van der Waals surface area contributed by atoms with E-state index < -0.39 is 5.41 Å². The Balaban J connectivity index is 1.88. The Hall–Kier alpha value is -1.10. The highest BCUT2D eigenvalue weighted by atomic mass is 16.5. The van der Waals surface area contributed by atoms with Crippen LogP contribution in [0.1, 0.15) is 51.9 Å². The van der Waals surface area contributed by atoms with E-state index in [9.17, 15) is 9.59 Å². The number of rotatable bonds is 6. The average molecular weight is 296 g/mol. The number of hydrogen-bond acceptors (Lipinski definition) is 3. The van der Waals surface area contributed by atoms with Gasteiger partial charge in [-0.2, -0.15) is 0 Å². The van der Waals surface area contributed by atoms with Crippen molar-refractivity contribution in [1.29, 1.82) is 0 Å². The molecule has 2 aliphatic rings. The van der Waals surface area contributed by atoms with Crippen LogP contribution in [0.3, 0.4) is 0 Å². The lowest BCUT2D eigenvalue weighted by atomic mass is 9.80. The van der Waals surface area contributed by atoms with Crippen molar-refractivity contribution in [2.24, 2.45) is 10.8 Å². The Morgan fingerprint density at radius 2 is 2.05 bits per heavy atom. The Labute approximate surface area is 127 Å². The first kappa shape index (κ1) is 16.3. The normalized spacial score (nSPS) is 28.2. The van der Waals surface area contributed by atoms with E-state index in [1.807, 2.05) is 6.92 Å². The number of nitrogens with one attached hydrogen (secondary N) is 2. The second-order valence-electron chi connectivity index (χ2n) is 6.97. The minimum absolute atomic E-state index is 0.0487. The lowest BCUT2D eigenvalue weighted by molar-refractivity contribution is -0.135. The predicted molar refractivity (Wildman–Crippen MR) is 80.8 cm³/mol. The number of carbonyl (C=O) groups is 2. The number of ether oxygens (including phenoxy) is 1. The zero-order chi connectivity index (χ0) is 15.3. The molecule has 0 aromatic heterocycles. The number of piperidine rings is 1. The second kappa shape index (κ2) is 6.77. The maximum absolute atomic E-state index is 12.5. The summed E-state index contributed by atoms with van der Waals surface area (Å²) < 4.78 is 5.22. The van der Waals surface area contributed by atoms with Crippen molar-refractivity contribution in [2.45, 2.75) is 51.9 Å². The summed E-state index contributed by atoms with van der Waals surface area (Å²) >= 11 is 0. The van der Waals surface area contributed by atoms with Crippen molar-refractivity contribution in [3.8, 4) is 0 Å². The fraction of sp³-hybridized carbons (Fsp3) is 0.875. The van der Waals surface area contributed by atoms with Crippen LogP contribution in [-0.2, 0) is 14.3 Å². The SMILES string of the molecule is COCCC1(CNC(=O)C2(C)CCC(=O)NC2)CCCC1. The molecule has 2 fully saturated rings. The molecule has 1 heterocycles. The van der Waals surface area contributed by atoms with Crippen LogP contribution in [0.25, 0.3) is 0 Å².